The van der Waals surface area contributed by atoms with Crippen LogP contribution >= 0.6 is 0 Å². The van der Waals surface area contributed by atoms with Gasteiger partial charge >= 0.3 is 5.97 Å². The zero-order valence-corrected chi connectivity index (χ0v) is 15.9. The fourth-order valence-corrected chi connectivity index (χ4v) is 2.99. The van der Waals surface area contributed by atoms with Crippen molar-refractivity contribution in [3.05, 3.63) is 51.8 Å². The minimum atomic E-state index is -1.01. The van der Waals surface area contributed by atoms with E-state index in [9.17, 15) is 14.4 Å². The first-order valence-electron chi connectivity index (χ1n) is 8.27. The molecule has 138 valence electrons. The summed E-state index contributed by atoms with van der Waals surface area (Å²) in [6, 6.07) is 5.14. The third-order valence-corrected chi connectivity index (χ3v) is 4.26. The number of aryl methyl sites for hydroxylation is 2. The van der Waals surface area contributed by atoms with Crippen molar-refractivity contribution in [1.29, 1.82) is 0 Å². The lowest BCUT2D eigenvalue weighted by Crippen LogP contribution is -2.25. The normalized spacial score (nSPS) is 11.8. The topological polar surface area (TPSA) is 85.5 Å². The highest BCUT2D eigenvalue weighted by molar-refractivity contribution is 6.05. The molecule has 0 spiro atoms. The number of esters is 1. The number of Topliss-reactive ketones (excluding diaryl/α,β-unsaturated/α-hetero) is 2. The minimum Gasteiger partial charge on any atom is -0.496 e. The molecule has 1 atom stereocenters. The Labute approximate surface area is 152 Å². The lowest BCUT2D eigenvalue weighted by Gasteiger charge is -2.14. The van der Waals surface area contributed by atoms with Crippen molar-refractivity contribution in [3.63, 3.8) is 0 Å². The van der Waals surface area contributed by atoms with Gasteiger partial charge in [0.15, 0.2) is 11.9 Å². The number of ether oxygens (including phenoxy) is 2. The summed E-state index contributed by atoms with van der Waals surface area (Å²) in [6.45, 7) is 8.23. The SMILES string of the molecule is COc1ccc(C)cc1C(=O)O[C@@H](C)C(=O)c1[nH]c(C)c(C(C)=O)c1C. The van der Waals surface area contributed by atoms with Gasteiger partial charge in [-0.25, -0.2) is 4.79 Å². The van der Waals surface area contributed by atoms with Crippen LogP contribution in [0.1, 0.15) is 61.9 Å². The molecule has 0 amide bonds. The number of hydrogen-bond donors (Lipinski definition) is 1. The van der Waals surface area contributed by atoms with E-state index >= 15 is 0 Å². The number of nitrogens with one attached hydrogen (secondary N) is 1. The molecule has 0 bridgehead atoms. The van der Waals surface area contributed by atoms with Crippen molar-refractivity contribution in [2.24, 2.45) is 0 Å². The molecule has 6 heteroatoms. The van der Waals surface area contributed by atoms with Crippen molar-refractivity contribution >= 4 is 17.5 Å². The number of aromatic amines is 1. The Hall–Kier alpha value is -2.89. The van der Waals surface area contributed by atoms with Crippen molar-refractivity contribution in [1.82, 2.24) is 4.98 Å². The van der Waals surface area contributed by atoms with Crippen molar-refractivity contribution in [2.45, 2.75) is 40.7 Å². The standard InChI is InChI=1S/C20H23NO5/c1-10-7-8-16(25-6)15(9-10)20(24)26-14(5)19(23)18-11(2)17(13(4)22)12(3)21-18/h7-9,14,21H,1-6H3/t14-/m0/s1. The van der Waals surface area contributed by atoms with Crippen LogP contribution in [0, 0.1) is 20.8 Å². The molecule has 1 heterocycles. The lowest BCUT2D eigenvalue weighted by atomic mass is 10.0. The molecule has 0 saturated heterocycles. The Morgan fingerprint density at radius 2 is 1.77 bits per heavy atom. The van der Waals surface area contributed by atoms with Gasteiger partial charge in [-0.1, -0.05) is 11.6 Å². The van der Waals surface area contributed by atoms with Gasteiger partial charge in [-0.05, 0) is 52.3 Å². The van der Waals surface area contributed by atoms with E-state index in [0.29, 0.717) is 22.6 Å². The molecule has 6 nitrogen and oxygen atoms in total. The summed E-state index contributed by atoms with van der Waals surface area (Å²) in [7, 11) is 1.46. The van der Waals surface area contributed by atoms with E-state index in [1.54, 1.807) is 26.0 Å². The van der Waals surface area contributed by atoms with Gasteiger partial charge in [-0.15, -0.1) is 0 Å². The molecule has 2 aromatic rings. The predicted octanol–water partition coefficient (Wildman–Crippen LogP) is 3.58. The van der Waals surface area contributed by atoms with Crippen LogP contribution < -0.4 is 4.74 Å². The third-order valence-electron chi connectivity index (χ3n) is 4.26. The summed E-state index contributed by atoms with van der Waals surface area (Å²) in [5.74, 6) is -0.771. The highest BCUT2D eigenvalue weighted by atomic mass is 16.5. The number of rotatable bonds is 6. The Balaban J connectivity index is 2.25. The van der Waals surface area contributed by atoms with E-state index in [0.717, 1.165) is 5.56 Å². The van der Waals surface area contributed by atoms with Gasteiger partial charge in [-0.3, -0.25) is 9.59 Å². The molecule has 1 aromatic carbocycles. The van der Waals surface area contributed by atoms with E-state index in [4.69, 9.17) is 9.47 Å². The van der Waals surface area contributed by atoms with Crippen LogP contribution in [0.25, 0.3) is 0 Å². The molecule has 0 aliphatic carbocycles. The summed E-state index contributed by atoms with van der Waals surface area (Å²) in [6.07, 6.45) is -1.01. The molecule has 0 radical (unpaired) electrons. The fourth-order valence-electron chi connectivity index (χ4n) is 2.99. The maximum atomic E-state index is 12.7. The van der Waals surface area contributed by atoms with E-state index in [-0.39, 0.29) is 17.0 Å². The average Bonchev–Trinajstić information content (AvgIpc) is 2.88. The van der Waals surface area contributed by atoms with E-state index in [1.807, 2.05) is 13.0 Å². The average molecular weight is 357 g/mol. The molecule has 0 aliphatic rings. The fraction of sp³-hybridized carbons (Fsp3) is 0.350. The second-order valence-electron chi connectivity index (χ2n) is 6.30. The minimum absolute atomic E-state index is 0.121. The number of benzene rings is 1. The van der Waals surface area contributed by atoms with Crippen LogP contribution in [-0.2, 0) is 4.74 Å². The Morgan fingerprint density at radius 3 is 2.31 bits per heavy atom. The van der Waals surface area contributed by atoms with Crippen molar-refractivity contribution < 1.29 is 23.9 Å². The van der Waals surface area contributed by atoms with Crippen LogP contribution in [0.4, 0.5) is 0 Å². The van der Waals surface area contributed by atoms with Gasteiger partial charge in [0.25, 0.3) is 0 Å². The molecular formula is C20H23NO5. The van der Waals surface area contributed by atoms with E-state index in [2.05, 4.69) is 4.98 Å². The second-order valence-corrected chi connectivity index (χ2v) is 6.30. The number of carbonyl (C=O) groups excluding carboxylic acids is 3. The smallest absolute Gasteiger partial charge is 0.342 e. The molecule has 0 saturated carbocycles. The van der Waals surface area contributed by atoms with Gasteiger partial charge in [0.05, 0.1) is 12.8 Å². The molecule has 2 rings (SSSR count). The van der Waals surface area contributed by atoms with Crippen LogP contribution in [0.2, 0.25) is 0 Å². The maximum Gasteiger partial charge on any atom is 0.342 e. The summed E-state index contributed by atoms with van der Waals surface area (Å²) >= 11 is 0. The quantitative estimate of drug-likeness (QED) is 0.631. The summed E-state index contributed by atoms with van der Waals surface area (Å²) in [5.41, 5.74) is 3.10. The zero-order valence-electron chi connectivity index (χ0n) is 15.9. The second kappa shape index (κ2) is 7.56. The molecule has 1 N–H and O–H groups in total. The van der Waals surface area contributed by atoms with Crippen molar-refractivity contribution in [3.8, 4) is 5.75 Å². The van der Waals surface area contributed by atoms with Gasteiger partial charge in [0, 0.05) is 11.3 Å². The number of hydrogen-bond acceptors (Lipinski definition) is 5. The number of ketones is 2. The first-order valence-corrected chi connectivity index (χ1v) is 8.27. The summed E-state index contributed by atoms with van der Waals surface area (Å²) < 4.78 is 10.5. The Kier molecular flexibility index (Phi) is 5.65. The Morgan fingerprint density at radius 1 is 1.12 bits per heavy atom. The molecule has 26 heavy (non-hydrogen) atoms. The van der Waals surface area contributed by atoms with Gasteiger partial charge < -0.3 is 14.5 Å². The van der Waals surface area contributed by atoms with E-state index < -0.39 is 17.9 Å². The number of H-pyrrole nitrogens is 1. The van der Waals surface area contributed by atoms with Crippen molar-refractivity contribution in [2.75, 3.05) is 7.11 Å². The zero-order chi connectivity index (χ0) is 19.6. The van der Waals surface area contributed by atoms with E-state index in [1.165, 1.54) is 21.0 Å². The largest absolute Gasteiger partial charge is 0.496 e. The van der Waals surface area contributed by atoms with Crippen LogP contribution in [0.3, 0.4) is 0 Å². The summed E-state index contributed by atoms with van der Waals surface area (Å²) in [5, 5.41) is 0. The highest BCUT2D eigenvalue weighted by Crippen LogP contribution is 2.23. The Bertz CT molecular complexity index is 879. The molecule has 0 aliphatic heterocycles. The van der Waals surface area contributed by atoms with Crippen LogP contribution in [-0.4, -0.2) is 35.7 Å². The molecule has 0 fully saturated rings. The van der Waals surface area contributed by atoms with Gasteiger partial charge in [-0.2, -0.15) is 0 Å². The summed E-state index contributed by atoms with van der Waals surface area (Å²) in [4.78, 5) is 39.8. The lowest BCUT2D eigenvalue weighted by molar-refractivity contribution is 0.0314. The van der Waals surface area contributed by atoms with Gasteiger partial charge in [0.1, 0.15) is 11.3 Å². The predicted molar refractivity (Wildman–Crippen MR) is 97.2 cm³/mol. The van der Waals surface area contributed by atoms with Gasteiger partial charge in [0.2, 0.25) is 5.78 Å². The van der Waals surface area contributed by atoms with Crippen LogP contribution in [0.5, 0.6) is 5.75 Å². The molecular weight excluding hydrogens is 334 g/mol. The first-order chi connectivity index (χ1) is 12.2. The molecule has 0 unspecified atom stereocenters. The molecule has 1 aromatic heterocycles. The number of carbonyl (C=O) groups is 3. The highest BCUT2D eigenvalue weighted by Gasteiger charge is 2.27. The number of aromatic nitrogens is 1. The maximum absolute atomic E-state index is 12.7. The number of methoxy groups -OCH3 is 1. The monoisotopic (exact) mass is 357 g/mol. The van der Waals surface area contributed by atoms with Crippen LogP contribution in [0.15, 0.2) is 18.2 Å². The third kappa shape index (κ3) is 3.69. The first kappa shape index (κ1) is 19.4.